The van der Waals surface area contributed by atoms with Gasteiger partial charge in [-0.3, -0.25) is 4.79 Å². The van der Waals surface area contributed by atoms with Crippen LogP contribution in [0.1, 0.15) is 33.9 Å². The molecule has 0 fully saturated rings. The number of hydrogen-bond donors (Lipinski definition) is 1. The van der Waals surface area contributed by atoms with Crippen molar-refractivity contribution in [1.29, 1.82) is 0 Å². The van der Waals surface area contributed by atoms with Gasteiger partial charge in [0.1, 0.15) is 5.25 Å². The quantitative estimate of drug-likeness (QED) is 0.900. The van der Waals surface area contributed by atoms with Crippen molar-refractivity contribution in [3.8, 4) is 5.88 Å². The molecule has 124 valence electrons. The lowest BCUT2D eigenvalue weighted by Crippen LogP contribution is -2.29. The molecule has 3 heterocycles. The summed E-state index contributed by atoms with van der Waals surface area (Å²) in [6, 6.07) is 2.08. The average molecular weight is 351 g/mol. The number of nitrogens with one attached hydrogen (secondary N) is 1. The van der Waals surface area contributed by atoms with E-state index in [2.05, 4.69) is 28.8 Å². The minimum atomic E-state index is -0.0993. The maximum Gasteiger partial charge on any atom is 0.237 e. The van der Waals surface area contributed by atoms with E-state index < -0.39 is 0 Å². The Morgan fingerprint density at radius 1 is 1.57 bits per heavy atom. The third-order valence-corrected chi connectivity index (χ3v) is 6.29. The van der Waals surface area contributed by atoms with Gasteiger partial charge in [-0.2, -0.15) is 5.10 Å². The number of amides is 1. The molecule has 0 spiro atoms. The summed E-state index contributed by atoms with van der Waals surface area (Å²) in [5.74, 6) is 1.79. The third-order valence-electron chi connectivity index (χ3n) is 4.05. The summed E-state index contributed by atoms with van der Waals surface area (Å²) in [6.07, 6.45) is 1.88. The summed E-state index contributed by atoms with van der Waals surface area (Å²) < 4.78 is 7.15. The number of thiophene rings is 1. The Bertz CT molecular complexity index is 708. The maximum absolute atomic E-state index is 12.6. The van der Waals surface area contributed by atoms with E-state index in [9.17, 15) is 4.79 Å². The van der Waals surface area contributed by atoms with Crippen LogP contribution in [0.25, 0.3) is 0 Å². The van der Waals surface area contributed by atoms with Gasteiger partial charge in [-0.25, -0.2) is 4.68 Å². The van der Waals surface area contributed by atoms with Crippen LogP contribution in [0.2, 0.25) is 0 Å². The lowest BCUT2D eigenvalue weighted by atomic mass is 10.1. The Kier molecular flexibility index (Phi) is 4.96. The van der Waals surface area contributed by atoms with Crippen molar-refractivity contribution in [3.05, 3.63) is 33.1 Å². The molecule has 7 heteroatoms. The number of carbonyl (C=O) groups is 1. The van der Waals surface area contributed by atoms with Crippen molar-refractivity contribution < 1.29 is 9.53 Å². The van der Waals surface area contributed by atoms with Gasteiger partial charge < -0.3 is 10.1 Å². The van der Waals surface area contributed by atoms with Gasteiger partial charge in [0.25, 0.3) is 0 Å². The van der Waals surface area contributed by atoms with Gasteiger partial charge >= 0.3 is 0 Å². The van der Waals surface area contributed by atoms with Crippen LogP contribution in [-0.4, -0.2) is 28.6 Å². The minimum absolute atomic E-state index is 0.0716. The first-order valence-corrected chi connectivity index (χ1v) is 9.62. The topological polar surface area (TPSA) is 56.1 Å². The summed E-state index contributed by atoms with van der Waals surface area (Å²) >= 11 is 3.47. The van der Waals surface area contributed by atoms with Crippen molar-refractivity contribution in [3.63, 3.8) is 0 Å². The molecule has 0 saturated heterocycles. The molecule has 0 saturated carbocycles. The van der Waals surface area contributed by atoms with Crippen LogP contribution in [0.3, 0.4) is 0 Å². The number of ether oxygens (including phenoxy) is 1. The van der Waals surface area contributed by atoms with Crippen LogP contribution < -0.4 is 10.1 Å². The van der Waals surface area contributed by atoms with Crippen LogP contribution in [0.15, 0.2) is 11.4 Å². The molecule has 0 aliphatic carbocycles. The molecule has 0 bridgehead atoms. The van der Waals surface area contributed by atoms with Gasteiger partial charge in [0.15, 0.2) is 0 Å². The van der Waals surface area contributed by atoms with Crippen molar-refractivity contribution >= 4 is 29.0 Å². The van der Waals surface area contributed by atoms with E-state index in [1.54, 1.807) is 34.9 Å². The summed E-state index contributed by atoms with van der Waals surface area (Å²) in [7, 11) is 3.49. The first kappa shape index (κ1) is 16.4. The summed E-state index contributed by atoms with van der Waals surface area (Å²) in [5.41, 5.74) is 3.12. The predicted molar refractivity (Wildman–Crippen MR) is 94.2 cm³/mol. The second kappa shape index (κ2) is 6.97. The standard InChI is InChI=1S/C16H21N3O2S2/c1-4-12-11(16(21-3)19(2)18-12)9-17-15(20)14-10-5-7-22-13(10)6-8-23-14/h5,7,14H,4,6,8-9H2,1-3H3,(H,17,20)/t14-/m0/s1. The molecule has 1 atom stereocenters. The van der Waals surface area contributed by atoms with Gasteiger partial charge in [-0.1, -0.05) is 6.92 Å². The number of rotatable bonds is 5. The van der Waals surface area contributed by atoms with Crippen LogP contribution in [0, 0.1) is 0 Å². The van der Waals surface area contributed by atoms with Crippen LogP contribution in [-0.2, 0) is 31.2 Å². The zero-order chi connectivity index (χ0) is 16.4. The number of fused-ring (bicyclic) bond motifs is 1. The Morgan fingerprint density at radius 2 is 2.39 bits per heavy atom. The van der Waals surface area contributed by atoms with E-state index in [0.717, 1.165) is 35.7 Å². The van der Waals surface area contributed by atoms with E-state index in [4.69, 9.17) is 4.74 Å². The first-order chi connectivity index (χ1) is 11.2. The average Bonchev–Trinajstić information content (AvgIpc) is 3.15. The van der Waals surface area contributed by atoms with Crippen molar-refractivity contribution in [1.82, 2.24) is 15.1 Å². The fourth-order valence-corrected chi connectivity index (χ4v) is 5.27. The number of aromatic nitrogens is 2. The summed E-state index contributed by atoms with van der Waals surface area (Å²) in [5, 5.41) is 9.51. The van der Waals surface area contributed by atoms with Gasteiger partial charge in [-0.15, -0.1) is 23.1 Å². The highest BCUT2D eigenvalue weighted by Crippen LogP contribution is 2.39. The smallest absolute Gasteiger partial charge is 0.237 e. The third kappa shape index (κ3) is 3.12. The Balaban J connectivity index is 1.74. The molecule has 1 aliphatic heterocycles. The van der Waals surface area contributed by atoms with Crippen molar-refractivity contribution in [2.45, 2.75) is 31.6 Å². The van der Waals surface area contributed by atoms with Gasteiger partial charge in [0.05, 0.1) is 24.9 Å². The van der Waals surface area contributed by atoms with Crippen molar-refractivity contribution in [2.75, 3.05) is 12.9 Å². The zero-order valence-electron chi connectivity index (χ0n) is 13.6. The maximum atomic E-state index is 12.6. The van der Waals surface area contributed by atoms with Crippen LogP contribution in [0.5, 0.6) is 5.88 Å². The zero-order valence-corrected chi connectivity index (χ0v) is 15.2. The Labute approximate surface area is 144 Å². The van der Waals surface area contributed by atoms with Gasteiger partial charge in [-0.05, 0) is 35.6 Å². The fourth-order valence-electron chi connectivity index (χ4n) is 2.95. The molecule has 1 amide bonds. The predicted octanol–water partition coefficient (Wildman–Crippen LogP) is 2.70. The highest BCUT2D eigenvalue weighted by molar-refractivity contribution is 8.00. The molecule has 2 aromatic rings. The molecule has 1 N–H and O–H groups in total. The molecule has 2 aromatic heterocycles. The molecule has 1 aliphatic rings. The molecule has 0 unspecified atom stereocenters. The Hall–Kier alpha value is -1.47. The number of nitrogens with zero attached hydrogens (tertiary/aromatic N) is 2. The molecule has 23 heavy (non-hydrogen) atoms. The van der Waals surface area contributed by atoms with E-state index in [-0.39, 0.29) is 11.2 Å². The number of hydrogen-bond acceptors (Lipinski definition) is 5. The summed E-state index contributed by atoms with van der Waals surface area (Å²) in [4.78, 5) is 14.0. The van der Waals surface area contributed by atoms with E-state index in [1.807, 2.05) is 7.05 Å². The largest absolute Gasteiger partial charge is 0.481 e. The van der Waals surface area contributed by atoms with E-state index in [1.165, 1.54) is 10.4 Å². The van der Waals surface area contributed by atoms with E-state index >= 15 is 0 Å². The van der Waals surface area contributed by atoms with E-state index in [0.29, 0.717) is 6.54 Å². The van der Waals surface area contributed by atoms with Gasteiger partial charge in [0, 0.05) is 11.9 Å². The highest BCUT2D eigenvalue weighted by Gasteiger charge is 2.28. The lowest BCUT2D eigenvalue weighted by molar-refractivity contribution is -0.120. The Morgan fingerprint density at radius 3 is 3.13 bits per heavy atom. The minimum Gasteiger partial charge on any atom is -0.481 e. The molecular formula is C16H21N3O2S2. The molecule has 0 aromatic carbocycles. The summed E-state index contributed by atoms with van der Waals surface area (Å²) in [6.45, 7) is 2.51. The van der Waals surface area contributed by atoms with Crippen molar-refractivity contribution in [2.24, 2.45) is 7.05 Å². The molecular weight excluding hydrogens is 330 g/mol. The fraction of sp³-hybridized carbons (Fsp3) is 0.500. The number of carbonyl (C=O) groups excluding carboxylic acids is 1. The molecule has 3 rings (SSSR count). The van der Waals surface area contributed by atoms with Gasteiger partial charge in [0.2, 0.25) is 11.8 Å². The molecule has 5 nitrogen and oxygen atoms in total. The molecule has 0 radical (unpaired) electrons. The van der Waals surface area contributed by atoms with Crippen LogP contribution >= 0.6 is 23.1 Å². The second-order valence-corrected chi connectivity index (χ2v) is 7.64. The number of thioether (sulfide) groups is 1. The monoisotopic (exact) mass is 351 g/mol. The number of methoxy groups -OCH3 is 1. The second-order valence-electron chi connectivity index (χ2n) is 5.43. The van der Waals surface area contributed by atoms with Crippen LogP contribution in [0.4, 0.5) is 0 Å². The lowest BCUT2D eigenvalue weighted by Gasteiger charge is -2.21. The number of aryl methyl sites for hydroxylation is 3. The first-order valence-electron chi connectivity index (χ1n) is 7.70. The highest BCUT2D eigenvalue weighted by atomic mass is 32.2. The normalized spacial score (nSPS) is 16.9. The SMILES string of the molecule is CCc1nn(C)c(OC)c1CNC(=O)[C@H]1SCCc2sccc21.